The number of fused-ring (bicyclic) bond motifs is 1. The van der Waals surface area contributed by atoms with Crippen molar-refractivity contribution in [3.05, 3.63) is 30.0 Å². The van der Waals surface area contributed by atoms with E-state index in [1.54, 1.807) is 0 Å². The molecule has 1 heterocycles. The van der Waals surface area contributed by atoms with Gasteiger partial charge in [0.05, 0.1) is 5.52 Å². The van der Waals surface area contributed by atoms with Gasteiger partial charge in [0.25, 0.3) is 0 Å². The monoisotopic (exact) mass is 228 g/mol. The summed E-state index contributed by atoms with van der Waals surface area (Å²) in [5.74, 6) is 0.711. The van der Waals surface area contributed by atoms with Crippen molar-refractivity contribution in [3.8, 4) is 0 Å². The number of aryl methyl sites for hydroxylation is 1. The molecule has 0 atom stereocenters. The lowest BCUT2D eigenvalue weighted by atomic mass is 9.83. The number of anilines is 1. The van der Waals surface area contributed by atoms with Crippen LogP contribution in [0.2, 0.25) is 0 Å². The van der Waals surface area contributed by atoms with Gasteiger partial charge in [-0.2, -0.15) is 0 Å². The summed E-state index contributed by atoms with van der Waals surface area (Å²) in [6.45, 7) is 0. The molecule has 1 aliphatic carbocycles. The van der Waals surface area contributed by atoms with Crippen LogP contribution in [0.5, 0.6) is 0 Å². The molecule has 2 N–H and O–H groups in total. The molecule has 0 spiro atoms. The Kier molecular flexibility index (Phi) is 2.58. The van der Waals surface area contributed by atoms with Crippen molar-refractivity contribution in [2.45, 2.75) is 38.0 Å². The quantitative estimate of drug-likeness (QED) is 0.739. The normalized spacial score (nSPS) is 17.7. The number of aromatic nitrogens is 1. The van der Waals surface area contributed by atoms with Gasteiger partial charge in [0.2, 0.25) is 0 Å². The van der Waals surface area contributed by atoms with Crippen LogP contribution < -0.4 is 5.73 Å². The number of nitrogens with zero attached hydrogens (tertiary/aromatic N) is 1. The van der Waals surface area contributed by atoms with E-state index < -0.39 is 0 Å². The fourth-order valence-corrected chi connectivity index (χ4v) is 3.23. The summed E-state index contributed by atoms with van der Waals surface area (Å²) in [5, 5.41) is 1.29. The second-order valence-electron chi connectivity index (χ2n) is 5.31. The summed E-state index contributed by atoms with van der Waals surface area (Å²) < 4.78 is 2.23. The van der Waals surface area contributed by atoms with E-state index in [1.807, 2.05) is 0 Å². The molecule has 0 radical (unpaired) electrons. The van der Waals surface area contributed by atoms with Gasteiger partial charge in [0, 0.05) is 24.3 Å². The number of hydrogen-bond donors (Lipinski definition) is 1. The van der Waals surface area contributed by atoms with Gasteiger partial charge in [-0.15, -0.1) is 0 Å². The van der Waals surface area contributed by atoms with Crippen LogP contribution in [0.3, 0.4) is 0 Å². The topological polar surface area (TPSA) is 30.9 Å². The van der Waals surface area contributed by atoms with Gasteiger partial charge in [-0.3, -0.25) is 0 Å². The Balaban J connectivity index is 2.15. The summed E-state index contributed by atoms with van der Waals surface area (Å²) in [6, 6.07) is 6.44. The van der Waals surface area contributed by atoms with E-state index in [1.165, 1.54) is 48.6 Å². The summed E-state index contributed by atoms with van der Waals surface area (Å²) in [4.78, 5) is 0. The van der Waals surface area contributed by atoms with Crippen molar-refractivity contribution in [2.24, 2.45) is 7.05 Å². The predicted molar refractivity (Wildman–Crippen MR) is 73.2 cm³/mol. The highest BCUT2D eigenvalue weighted by molar-refractivity contribution is 5.87. The highest BCUT2D eigenvalue weighted by Gasteiger charge is 2.19. The molecular weight excluding hydrogens is 208 g/mol. The summed E-state index contributed by atoms with van der Waals surface area (Å²) >= 11 is 0. The van der Waals surface area contributed by atoms with Gasteiger partial charge >= 0.3 is 0 Å². The van der Waals surface area contributed by atoms with Gasteiger partial charge in [0.15, 0.2) is 0 Å². The molecule has 1 aliphatic rings. The minimum Gasteiger partial charge on any atom is -0.399 e. The maximum atomic E-state index is 6.03. The zero-order valence-corrected chi connectivity index (χ0v) is 10.4. The minimum atomic E-state index is 0.711. The molecule has 0 saturated heterocycles. The smallest absolute Gasteiger partial charge is 0.0514 e. The Hall–Kier alpha value is -1.44. The van der Waals surface area contributed by atoms with E-state index in [4.69, 9.17) is 5.73 Å². The number of hydrogen-bond acceptors (Lipinski definition) is 1. The first kappa shape index (κ1) is 10.7. The van der Waals surface area contributed by atoms with E-state index in [0.717, 1.165) is 5.69 Å². The van der Waals surface area contributed by atoms with Gasteiger partial charge in [-0.1, -0.05) is 19.3 Å². The third kappa shape index (κ3) is 1.82. The molecule has 1 fully saturated rings. The molecule has 0 bridgehead atoms. The van der Waals surface area contributed by atoms with Crippen LogP contribution in [-0.4, -0.2) is 4.57 Å². The second-order valence-corrected chi connectivity index (χ2v) is 5.31. The Bertz CT molecular complexity index is 533. The summed E-state index contributed by atoms with van der Waals surface area (Å²) in [7, 11) is 2.13. The molecule has 3 rings (SSSR count). The van der Waals surface area contributed by atoms with Crippen LogP contribution in [0.4, 0.5) is 5.69 Å². The average molecular weight is 228 g/mol. The van der Waals surface area contributed by atoms with Crippen molar-refractivity contribution in [3.63, 3.8) is 0 Å². The molecule has 0 aliphatic heterocycles. The fourth-order valence-electron chi connectivity index (χ4n) is 3.23. The van der Waals surface area contributed by atoms with Crippen LogP contribution in [0.25, 0.3) is 10.9 Å². The van der Waals surface area contributed by atoms with E-state index in [0.29, 0.717) is 5.92 Å². The molecule has 2 heteroatoms. The highest BCUT2D eigenvalue weighted by Crippen LogP contribution is 2.37. The molecule has 0 amide bonds. The largest absolute Gasteiger partial charge is 0.399 e. The Labute approximate surface area is 102 Å². The van der Waals surface area contributed by atoms with Gasteiger partial charge < -0.3 is 10.3 Å². The van der Waals surface area contributed by atoms with Crippen molar-refractivity contribution in [2.75, 3.05) is 5.73 Å². The molecule has 1 aromatic heterocycles. The van der Waals surface area contributed by atoms with Crippen LogP contribution in [0.15, 0.2) is 24.4 Å². The van der Waals surface area contributed by atoms with E-state index >= 15 is 0 Å². The van der Waals surface area contributed by atoms with Crippen molar-refractivity contribution in [1.29, 1.82) is 0 Å². The highest BCUT2D eigenvalue weighted by atomic mass is 14.9. The Morgan fingerprint density at radius 1 is 1.18 bits per heavy atom. The maximum absolute atomic E-state index is 6.03. The number of nitrogens with two attached hydrogens (primary N) is 1. The zero-order chi connectivity index (χ0) is 11.8. The molecule has 1 saturated carbocycles. The molecule has 0 unspecified atom stereocenters. The molecular formula is C15H20N2. The first-order chi connectivity index (χ1) is 8.25. The first-order valence-electron chi connectivity index (χ1n) is 6.60. The van der Waals surface area contributed by atoms with Crippen LogP contribution in [-0.2, 0) is 7.05 Å². The predicted octanol–water partition coefficient (Wildman–Crippen LogP) is 3.81. The average Bonchev–Trinajstić information content (AvgIpc) is 2.71. The Morgan fingerprint density at radius 3 is 2.71 bits per heavy atom. The van der Waals surface area contributed by atoms with E-state index in [9.17, 15) is 0 Å². The Morgan fingerprint density at radius 2 is 1.94 bits per heavy atom. The molecule has 90 valence electrons. The number of rotatable bonds is 1. The van der Waals surface area contributed by atoms with Gasteiger partial charge in [-0.25, -0.2) is 0 Å². The zero-order valence-electron chi connectivity index (χ0n) is 10.4. The van der Waals surface area contributed by atoms with Crippen molar-refractivity contribution in [1.82, 2.24) is 4.57 Å². The van der Waals surface area contributed by atoms with Crippen LogP contribution >= 0.6 is 0 Å². The molecule has 1 aromatic carbocycles. The lowest BCUT2D eigenvalue weighted by Gasteiger charge is -2.23. The third-order valence-corrected chi connectivity index (χ3v) is 4.07. The molecule has 17 heavy (non-hydrogen) atoms. The first-order valence-corrected chi connectivity index (χ1v) is 6.60. The molecule has 2 nitrogen and oxygen atoms in total. The lowest BCUT2D eigenvalue weighted by molar-refractivity contribution is 0.445. The van der Waals surface area contributed by atoms with Crippen molar-refractivity contribution >= 4 is 16.6 Å². The minimum absolute atomic E-state index is 0.711. The summed E-state index contributed by atoms with van der Waals surface area (Å²) in [6.07, 6.45) is 8.91. The number of benzene rings is 1. The fraction of sp³-hybridized carbons (Fsp3) is 0.467. The van der Waals surface area contributed by atoms with E-state index in [-0.39, 0.29) is 0 Å². The maximum Gasteiger partial charge on any atom is 0.0514 e. The second kappa shape index (κ2) is 4.10. The SMILES string of the molecule is Cn1ccc2cc(N)cc(C3CCCCC3)c21. The van der Waals surface area contributed by atoms with Gasteiger partial charge in [-0.05, 0) is 42.5 Å². The van der Waals surface area contributed by atoms with Crippen LogP contribution in [0, 0.1) is 0 Å². The summed E-state index contributed by atoms with van der Waals surface area (Å²) in [5.41, 5.74) is 9.78. The van der Waals surface area contributed by atoms with Crippen LogP contribution in [0.1, 0.15) is 43.6 Å². The van der Waals surface area contributed by atoms with Gasteiger partial charge in [0.1, 0.15) is 0 Å². The standard InChI is InChI=1S/C15H20N2/c1-17-8-7-12-9-13(16)10-14(15(12)17)11-5-3-2-4-6-11/h7-11H,2-6,16H2,1H3. The van der Waals surface area contributed by atoms with E-state index in [2.05, 4.69) is 36.0 Å². The number of nitrogen functional groups attached to an aromatic ring is 1. The lowest BCUT2D eigenvalue weighted by Crippen LogP contribution is -2.07. The van der Waals surface area contributed by atoms with Crippen molar-refractivity contribution < 1.29 is 0 Å². The third-order valence-electron chi connectivity index (χ3n) is 4.07. The molecule has 2 aromatic rings.